The summed E-state index contributed by atoms with van der Waals surface area (Å²) in [5, 5.41) is 2.90. The Balaban J connectivity index is 1.82. The molecule has 0 aromatic heterocycles. The highest BCUT2D eigenvalue weighted by Gasteiger charge is 2.25. The smallest absolute Gasteiger partial charge is 0.000816 e. The summed E-state index contributed by atoms with van der Waals surface area (Å²) in [6.07, 6.45) is 12.4. The van der Waals surface area contributed by atoms with Crippen molar-refractivity contribution in [3.8, 4) is 11.1 Å². The van der Waals surface area contributed by atoms with Crippen molar-refractivity contribution in [1.29, 1.82) is 0 Å². The van der Waals surface area contributed by atoms with Crippen LogP contribution in [0, 0.1) is 0 Å². The van der Waals surface area contributed by atoms with Crippen molar-refractivity contribution in [3.05, 3.63) is 81.8 Å². The maximum atomic E-state index is 6.12. The summed E-state index contributed by atoms with van der Waals surface area (Å²) in [6, 6.07) is 13.5. The molecule has 0 saturated heterocycles. The summed E-state index contributed by atoms with van der Waals surface area (Å²) in [7, 11) is 0. The van der Waals surface area contributed by atoms with Gasteiger partial charge in [-0.2, -0.15) is 0 Å². The van der Waals surface area contributed by atoms with E-state index in [1.165, 1.54) is 43.8 Å². The van der Waals surface area contributed by atoms with Gasteiger partial charge in [-0.15, -0.1) is 0 Å². The molecule has 0 saturated carbocycles. The van der Waals surface area contributed by atoms with Gasteiger partial charge in [0.2, 0.25) is 0 Å². The second-order valence-corrected chi connectivity index (χ2v) is 6.98. The topological polar surface area (TPSA) is 26.0 Å². The van der Waals surface area contributed by atoms with Crippen molar-refractivity contribution in [1.82, 2.24) is 0 Å². The zero-order valence-electron chi connectivity index (χ0n) is 13.8. The minimum Gasteiger partial charge on any atom is -0.330 e. The minimum atomic E-state index is 0.432. The second-order valence-electron chi connectivity index (χ2n) is 6.98. The molecule has 1 atom stereocenters. The zero-order valence-corrected chi connectivity index (χ0v) is 13.8. The van der Waals surface area contributed by atoms with Crippen LogP contribution in [0.5, 0.6) is 0 Å². The Morgan fingerprint density at radius 2 is 1.92 bits per heavy atom. The van der Waals surface area contributed by atoms with E-state index in [1.807, 2.05) is 0 Å². The summed E-state index contributed by atoms with van der Waals surface area (Å²) in [4.78, 5) is 0. The van der Waals surface area contributed by atoms with Gasteiger partial charge in [-0.05, 0) is 69.6 Å². The van der Waals surface area contributed by atoms with Crippen LogP contribution in [-0.4, -0.2) is 6.54 Å². The summed E-state index contributed by atoms with van der Waals surface area (Å²) in [5.41, 5.74) is 14.8. The molecule has 1 unspecified atom stereocenters. The fourth-order valence-corrected chi connectivity index (χ4v) is 4.49. The van der Waals surface area contributed by atoms with Crippen LogP contribution in [-0.2, 0) is 6.42 Å². The third-order valence-electron chi connectivity index (χ3n) is 5.75. The molecule has 118 valence electrons. The second kappa shape index (κ2) is 5.32. The van der Waals surface area contributed by atoms with Crippen molar-refractivity contribution in [3.63, 3.8) is 0 Å². The van der Waals surface area contributed by atoms with Gasteiger partial charge in [-0.3, -0.25) is 0 Å². The van der Waals surface area contributed by atoms with Crippen molar-refractivity contribution in [2.45, 2.75) is 25.2 Å². The molecule has 2 aromatic rings. The molecule has 1 nitrogen and oxygen atoms in total. The maximum absolute atomic E-state index is 6.12. The normalized spacial score (nSPS) is 20.3. The van der Waals surface area contributed by atoms with E-state index in [0.717, 1.165) is 19.3 Å². The van der Waals surface area contributed by atoms with E-state index in [2.05, 4.69) is 60.7 Å². The van der Waals surface area contributed by atoms with Crippen LogP contribution >= 0.6 is 0 Å². The minimum absolute atomic E-state index is 0.432. The molecule has 0 bridgehead atoms. The Bertz CT molecular complexity index is 1020. The van der Waals surface area contributed by atoms with Gasteiger partial charge in [0.1, 0.15) is 0 Å². The molecular formula is C23H21N. The zero-order chi connectivity index (χ0) is 16.1. The number of hydrogen-bond acceptors (Lipinski definition) is 1. The fraction of sp³-hybridized carbons (Fsp3) is 0.217. The van der Waals surface area contributed by atoms with Crippen LogP contribution in [0.15, 0.2) is 60.2 Å². The average molecular weight is 311 g/mol. The summed E-state index contributed by atoms with van der Waals surface area (Å²) in [6.45, 7) is 0.713. The van der Waals surface area contributed by atoms with Gasteiger partial charge in [0.05, 0.1) is 0 Å². The summed E-state index contributed by atoms with van der Waals surface area (Å²) < 4.78 is 0. The van der Waals surface area contributed by atoms with E-state index >= 15 is 0 Å². The molecule has 0 fully saturated rings. The molecule has 0 radical (unpaired) electrons. The van der Waals surface area contributed by atoms with E-state index in [4.69, 9.17) is 5.73 Å². The molecule has 5 rings (SSSR count). The lowest BCUT2D eigenvalue weighted by atomic mass is 9.76. The quantitative estimate of drug-likeness (QED) is 0.906. The van der Waals surface area contributed by atoms with Gasteiger partial charge in [-0.1, -0.05) is 60.7 Å². The van der Waals surface area contributed by atoms with E-state index in [1.54, 1.807) is 0 Å². The third-order valence-corrected chi connectivity index (χ3v) is 5.75. The van der Waals surface area contributed by atoms with Crippen molar-refractivity contribution < 1.29 is 0 Å². The largest absolute Gasteiger partial charge is 0.330 e. The van der Waals surface area contributed by atoms with Crippen LogP contribution in [0.25, 0.3) is 22.8 Å². The molecule has 3 aliphatic carbocycles. The van der Waals surface area contributed by atoms with Gasteiger partial charge in [0.15, 0.2) is 0 Å². The number of fused-ring (bicyclic) bond motifs is 5. The lowest BCUT2D eigenvalue weighted by molar-refractivity contribution is 0.683. The van der Waals surface area contributed by atoms with Crippen LogP contribution in [0.3, 0.4) is 0 Å². The highest BCUT2D eigenvalue weighted by Crippen LogP contribution is 2.37. The number of benzene rings is 2. The van der Waals surface area contributed by atoms with Crippen LogP contribution in [0.4, 0.5) is 0 Å². The molecule has 24 heavy (non-hydrogen) atoms. The predicted octanol–water partition coefficient (Wildman–Crippen LogP) is 3.17. The fourth-order valence-electron chi connectivity index (χ4n) is 4.49. The van der Waals surface area contributed by atoms with E-state index in [0.29, 0.717) is 12.5 Å². The van der Waals surface area contributed by atoms with E-state index in [9.17, 15) is 0 Å². The van der Waals surface area contributed by atoms with Crippen LogP contribution < -0.4 is 16.2 Å². The van der Waals surface area contributed by atoms with Gasteiger partial charge >= 0.3 is 0 Å². The Hall–Kier alpha value is -2.38. The first-order valence-corrected chi connectivity index (χ1v) is 8.90. The molecule has 0 spiro atoms. The first-order chi connectivity index (χ1) is 11.9. The SMILES string of the molecule is NCC1Cc2c(ccc3c2=CCCC=3C2=CC=C2)-c2ccccc21. The van der Waals surface area contributed by atoms with Gasteiger partial charge < -0.3 is 5.73 Å². The Morgan fingerprint density at radius 1 is 1.04 bits per heavy atom. The van der Waals surface area contributed by atoms with Gasteiger partial charge in [0, 0.05) is 5.92 Å². The highest BCUT2D eigenvalue weighted by molar-refractivity contribution is 5.78. The van der Waals surface area contributed by atoms with Gasteiger partial charge in [-0.25, -0.2) is 0 Å². The van der Waals surface area contributed by atoms with Gasteiger partial charge in [0.25, 0.3) is 0 Å². The highest BCUT2D eigenvalue weighted by atomic mass is 14.6. The monoisotopic (exact) mass is 311 g/mol. The standard InChI is InChI=1S/C23H21N/c24-14-16-13-23-20-10-4-9-17(15-5-3-6-15)21(20)11-12-22(23)19-8-2-1-7-18(16)19/h1-3,5-8,10-12,16H,4,9,13-14,24H2. The molecular weight excluding hydrogens is 290 g/mol. The summed E-state index contributed by atoms with van der Waals surface area (Å²) >= 11 is 0. The van der Waals surface area contributed by atoms with Crippen molar-refractivity contribution >= 4 is 11.6 Å². The Kier molecular flexibility index (Phi) is 3.11. The molecule has 2 N–H and O–H groups in total. The van der Waals surface area contributed by atoms with Crippen LogP contribution in [0.1, 0.15) is 29.9 Å². The first kappa shape index (κ1) is 14.0. The molecule has 1 heteroatoms. The molecule has 0 aliphatic heterocycles. The Morgan fingerprint density at radius 3 is 2.71 bits per heavy atom. The average Bonchev–Trinajstić information content (AvgIpc) is 2.59. The number of hydrogen-bond donors (Lipinski definition) is 1. The third kappa shape index (κ3) is 1.91. The summed E-state index contributed by atoms with van der Waals surface area (Å²) in [5.74, 6) is 0.432. The van der Waals surface area contributed by atoms with Crippen molar-refractivity contribution in [2.24, 2.45) is 5.73 Å². The molecule has 3 aliphatic rings. The lowest BCUT2D eigenvalue weighted by Gasteiger charge is -2.28. The predicted molar refractivity (Wildman–Crippen MR) is 101 cm³/mol. The maximum Gasteiger partial charge on any atom is 0.000816 e. The van der Waals surface area contributed by atoms with Crippen LogP contribution in [0.2, 0.25) is 0 Å². The van der Waals surface area contributed by atoms with E-state index in [-0.39, 0.29) is 0 Å². The van der Waals surface area contributed by atoms with E-state index < -0.39 is 0 Å². The number of rotatable bonds is 2. The van der Waals surface area contributed by atoms with Crippen molar-refractivity contribution in [2.75, 3.05) is 6.54 Å². The molecule has 2 aromatic carbocycles. The molecule has 0 amide bonds. The lowest BCUT2D eigenvalue weighted by Crippen LogP contribution is -2.36. The number of nitrogens with two attached hydrogens (primary N) is 1. The Labute approximate surface area is 142 Å². The first-order valence-electron chi connectivity index (χ1n) is 8.90. The molecule has 0 heterocycles. The number of allylic oxidation sites excluding steroid dienone is 4.